The van der Waals surface area contributed by atoms with Gasteiger partial charge < -0.3 is 19.4 Å². The molecule has 0 bridgehead atoms. The molecule has 0 aliphatic carbocycles. The minimum absolute atomic E-state index is 0.0644. The number of rotatable bonds is 13. The van der Waals surface area contributed by atoms with Gasteiger partial charge in [-0.1, -0.05) is 45.1 Å². The topological polar surface area (TPSA) is 71.8 Å². The first-order valence-corrected chi connectivity index (χ1v) is 13.8. The molecule has 4 rings (SSSR count). The number of nitrogens with zero attached hydrogens (tertiary/aromatic N) is 1. The smallest absolute Gasteiger partial charge is 0.251 e. The van der Waals surface area contributed by atoms with Crippen LogP contribution in [0.3, 0.4) is 0 Å². The van der Waals surface area contributed by atoms with Gasteiger partial charge in [-0.25, -0.2) is 4.39 Å². The van der Waals surface area contributed by atoms with Crippen LogP contribution in [-0.2, 0) is 17.9 Å². The molecular formula is C29H33FN2O4S. The Hall–Kier alpha value is -3.26. The van der Waals surface area contributed by atoms with Crippen LogP contribution in [0.5, 0.6) is 5.75 Å². The molecule has 0 saturated heterocycles. The van der Waals surface area contributed by atoms with Gasteiger partial charge in [-0.05, 0) is 48.9 Å². The zero-order valence-corrected chi connectivity index (χ0v) is 22.0. The van der Waals surface area contributed by atoms with Gasteiger partial charge in [0.25, 0.3) is 5.91 Å². The third-order valence-electron chi connectivity index (χ3n) is 6.32. The van der Waals surface area contributed by atoms with E-state index in [-0.39, 0.29) is 30.7 Å². The minimum atomic E-state index is -0.401. The summed E-state index contributed by atoms with van der Waals surface area (Å²) in [5.74, 6) is 0.599. The van der Waals surface area contributed by atoms with Crippen LogP contribution in [-0.4, -0.2) is 24.2 Å². The van der Waals surface area contributed by atoms with Crippen molar-refractivity contribution >= 4 is 29.3 Å². The van der Waals surface area contributed by atoms with Crippen LogP contribution in [0.2, 0.25) is 0 Å². The highest BCUT2D eigenvalue weighted by Crippen LogP contribution is 2.38. The van der Waals surface area contributed by atoms with E-state index < -0.39 is 5.82 Å². The first kappa shape index (κ1) is 26.8. The van der Waals surface area contributed by atoms with Crippen molar-refractivity contribution in [2.75, 3.05) is 17.3 Å². The van der Waals surface area contributed by atoms with E-state index >= 15 is 0 Å². The maximum Gasteiger partial charge on any atom is 0.251 e. The molecule has 0 atom stereocenters. The summed E-state index contributed by atoms with van der Waals surface area (Å²) in [5, 5.41) is 2.83. The van der Waals surface area contributed by atoms with Crippen LogP contribution in [0, 0.1) is 5.82 Å². The molecule has 196 valence electrons. The molecule has 2 heterocycles. The third kappa shape index (κ3) is 7.16. The number of halogens is 1. The first-order chi connectivity index (χ1) is 18.1. The summed E-state index contributed by atoms with van der Waals surface area (Å²) in [7, 11) is 0. The van der Waals surface area contributed by atoms with E-state index in [1.165, 1.54) is 43.5 Å². The quantitative estimate of drug-likeness (QED) is 0.251. The second-order valence-corrected chi connectivity index (χ2v) is 10.1. The lowest BCUT2D eigenvalue weighted by Crippen LogP contribution is -2.35. The van der Waals surface area contributed by atoms with E-state index in [1.54, 1.807) is 53.6 Å². The van der Waals surface area contributed by atoms with Crippen LogP contribution >= 0.6 is 11.8 Å². The monoisotopic (exact) mass is 524 g/mol. The number of benzene rings is 2. The fourth-order valence-electron chi connectivity index (χ4n) is 4.25. The van der Waals surface area contributed by atoms with Gasteiger partial charge in [0.05, 0.1) is 37.4 Å². The first-order valence-electron chi connectivity index (χ1n) is 12.8. The van der Waals surface area contributed by atoms with E-state index in [1.807, 2.05) is 0 Å². The number of hydrogen-bond donors (Lipinski definition) is 1. The summed E-state index contributed by atoms with van der Waals surface area (Å²) in [6.07, 6.45) is 8.40. The molecule has 0 unspecified atom stereocenters. The van der Waals surface area contributed by atoms with Crippen LogP contribution in [0.1, 0.15) is 67.1 Å². The molecule has 2 amide bonds. The number of unbranched alkanes of at least 4 members (excludes halogenated alkanes) is 5. The van der Waals surface area contributed by atoms with Crippen molar-refractivity contribution < 1.29 is 23.1 Å². The number of thioether (sulfide) groups is 1. The highest BCUT2D eigenvalue weighted by Gasteiger charge is 2.27. The Kier molecular flexibility index (Phi) is 9.65. The maximum atomic E-state index is 14.9. The van der Waals surface area contributed by atoms with Crippen molar-refractivity contribution in [1.82, 2.24) is 5.32 Å². The Morgan fingerprint density at radius 3 is 2.76 bits per heavy atom. The van der Waals surface area contributed by atoms with Gasteiger partial charge in [0.15, 0.2) is 0 Å². The van der Waals surface area contributed by atoms with Crippen molar-refractivity contribution in [3.05, 3.63) is 77.5 Å². The predicted molar refractivity (Wildman–Crippen MR) is 144 cm³/mol. The van der Waals surface area contributed by atoms with Crippen molar-refractivity contribution in [3.63, 3.8) is 0 Å². The summed E-state index contributed by atoms with van der Waals surface area (Å²) in [4.78, 5) is 27.9. The largest absolute Gasteiger partial charge is 0.493 e. The van der Waals surface area contributed by atoms with Crippen molar-refractivity contribution in [1.29, 1.82) is 0 Å². The molecular weight excluding hydrogens is 491 g/mol. The lowest BCUT2D eigenvalue weighted by atomic mass is 10.1. The summed E-state index contributed by atoms with van der Waals surface area (Å²) in [5.41, 5.74) is 1.51. The van der Waals surface area contributed by atoms with Crippen LogP contribution in [0.15, 0.2) is 64.1 Å². The molecule has 1 aromatic heterocycles. The Morgan fingerprint density at radius 2 is 1.95 bits per heavy atom. The average Bonchev–Trinajstić information content (AvgIpc) is 3.43. The van der Waals surface area contributed by atoms with Gasteiger partial charge in [-0.3, -0.25) is 9.59 Å². The lowest BCUT2D eigenvalue weighted by molar-refractivity contribution is -0.116. The van der Waals surface area contributed by atoms with Gasteiger partial charge in [-0.2, -0.15) is 0 Å². The molecule has 2 aromatic carbocycles. The number of ether oxygens (including phenoxy) is 1. The van der Waals surface area contributed by atoms with E-state index in [9.17, 15) is 14.0 Å². The number of carbonyl (C=O) groups is 2. The number of anilines is 1. The van der Waals surface area contributed by atoms with Gasteiger partial charge in [0.1, 0.15) is 17.3 Å². The highest BCUT2D eigenvalue weighted by atomic mass is 32.2. The number of amides is 2. The summed E-state index contributed by atoms with van der Waals surface area (Å²) in [6, 6.07) is 13.5. The minimum Gasteiger partial charge on any atom is -0.493 e. The van der Waals surface area contributed by atoms with Gasteiger partial charge in [-0.15, -0.1) is 11.8 Å². The number of nitrogens with one attached hydrogen (secondary N) is 1. The van der Waals surface area contributed by atoms with Crippen LogP contribution in [0.4, 0.5) is 10.1 Å². The molecule has 0 radical (unpaired) electrons. The fourth-order valence-corrected chi connectivity index (χ4v) is 5.22. The van der Waals surface area contributed by atoms with E-state index in [0.29, 0.717) is 34.9 Å². The molecule has 0 spiro atoms. The normalized spacial score (nSPS) is 12.9. The fraction of sp³-hybridized carbons (Fsp3) is 0.379. The molecule has 37 heavy (non-hydrogen) atoms. The number of hydrogen-bond acceptors (Lipinski definition) is 5. The molecule has 8 heteroatoms. The number of fused-ring (bicyclic) bond motifs is 1. The molecule has 0 saturated carbocycles. The van der Waals surface area contributed by atoms with Crippen molar-refractivity contribution in [2.24, 2.45) is 0 Å². The number of carbonyl (C=O) groups excluding carboxylic acids is 2. The van der Waals surface area contributed by atoms with Crippen LogP contribution < -0.4 is 15.0 Å². The Labute approximate surface area is 221 Å². The maximum absolute atomic E-state index is 14.9. The standard InChI is InChI=1S/C29H33FN2O4S/c1-2-3-4-5-6-7-15-36-26-12-8-11-24(30)23(26)19-32-25-14-13-21(17-27(25)37-20-28(32)33)29(34)31-18-22-10-9-16-35-22/h8-14,16-17H,2-7,15,18-20H2,1H3,(H,31,34). The molecule has 1 aliphatic heterocycles. The molecule has 3 aromatic rings. The summed E-state index contributed by atoms with van der Waals surface area (Å²) < 4.78 is 26.1. The molecule has 0 fully saturated rings. The van der Waals surface area contributed by atoms with Gasteiger partial charge in [0.2, 0.25) is 5.91 Å². The highest BCUT2D eigenvalue weighted by molar-refractivity contribution is 8.00. The SMILES string of the molecule is CCCCCCCCOc1cccc(F)c1CN1C(=O)CSc2cc(C(=O)NCc3ccco3)ccc21. The van der Waals surface area contributed by atoms with Crippen molar-refractivity contribution in [2.45, 2.75) is 63.4 Å². The third-order valence-corrected chi connectivity index (χ3v) is 7.35. The second kappa shape index (κ2) is 13.3. The molecule has 1 aliphatic rings. The molecule has 1 N–H and O–H groups in total. The second-order valence-electron chi connectivity index (χ2n) is 9.05. The van der Waals surface area contributed by atoms with Crippen molar-refractivity contribution in [3.8, 4) is 5.75 Å². The van der Waals surface area contributed by atoms with Crippen LogP contribution in [0.25, 0.3) is 0 Å². The Morgan fingerprint density at radius 1 is 1.11 bits per heavy atom. The zero-order chi connectivity index (χ0) is 26.0. The lowest BCUT2D eigenvalue weighted by Gasteiger charge is -2.30. The Balaban J connectivity index is 1.43. The van der Waals surface area contributed by atoms with Gasteiger partial charge in [0, 0.05) is 16.0 Å². The van der Waals surface area contributed by atoms with Gasteiger partial charge >= 0.3 is 0 Å². The zero-order valence-electron chi connectivity index (χ0n) is 21.1. The Bertz CT molecular complexity index is 1200. The predicted octanol–water partition coefficient (Wildman–Crippen LogP) is 6.73. The average molecular weight is 525 g/mol. The molecule has 6 nitrogen and oxygen atoms in total. The van der Waals surface area contributed by atoms with E-state index in [2.05, 4.69) is 12.2 Å². The summed E-state index contributed by atoms with van der Waals surface area (Å²) in [6.45, 7) is 3.06. The summed E-state index contributed by atoms with van der Waals surface area (Å²) >= 11 is 1.38. The van der Waals surface area contributed by atoms with E-state index in [4.69, 9.17) is 9.15 Å². The number of furan rings is 1. The van der Waals surface area contributed by atoms with E-state index in [0.717, 1.165) is 17.7 Å².